The van der Waals surface area contributed by atoms with E-state index in [2.05, 4.69) is 173 Å². The van der Waals surface area contributed by atoms with Crippen LogP contribution in [0.15, 0.2) is 174 Å². The first-order chi connectivity index (χ1) is 25.8. The minimum atomic E-state index is 0.911. The van der Waals surface area contributed by atoms with Crippen LogP contribution in [0.5, 0.6) is 0 Å². The summed E-state index contributed by atoms with van der Waals surface area (Å²) in [6, 6.07) is 61.7. The third-order valence-corrected chi connectivity index (χ3v) is 12.1. The van der Waals surface area contributed by atoms with Crippen molar-refractivity contribution >= 4 is 97.1 Å². The fourth-order valence-corrected chi connectivity index (χ4v) is 9.94. The van der Waals surface area contributed by atoms with Gasteiger partial charge in [0.2, 0.25) is 0 Å². The van der Waals surface area contributed by atoms with E-state index in [0.717, 1.165) is 44.4 Å². The lowest BCUT2D eigenvalue weighted by molar-refractivity contribution is 0.670. The zero-order valence-electron chi connectivity index (χ0n) is 27.9. The average molecular weight is 681 g/mol. The Kier molecular flexibility index (Phi) is 5.65. The fourth-order valence-electron chi connectivity index (χ4n) is 8.68. The number of thiophene rings is 1. The van der Waals surface area contributed by atoms with E-state index in [4.69, 9.17) is 4.42 Å². The van der Waals surface area contributed by atoms with E-state index >= 15 is 0 Å². The number of fused-ring (bicyclic) bond motifs is 13. The van der Waals surface area contributed by atoms with Crippen molar-refractivity contribution in [2.24, 2.45) is 0 Å². The quantitative estimate of drug-likeness (QED) is 0.182. The summed E-state index contributed by atoms with van der Waals surface area (Å²) in [5.74, 6) is 0. The van der Waals surface area contributed by atoms with Crippen molar-refractivity contribution in [3.63, 3.8) is 0 Å². The van der Waals surface area contributed by atoms with Gasteiger partial charge in [0.15, 0.2) is 0 Å². The molecule has 4 heterocycles. The van der Waals surface area contributed by atoms with Crippen LogP contribution in [0.2, 0.25) is 0 Å². The van der Waals surface area contributed by atoms with E-state index < -0.39 is 0 Å². The Hall–Kier alpha value is -6.62. The molecule has 52 heavy (non-hydrogen) atoms. The van der Waals surface area contributed by atoms with Crippen LogP contribution in [0, 0.1) is 0 Å². The van der Waals surface area contributed by atoms with Crippen LogP contribution in [-0.2, 0) is 0 Å². The van der Waals surface area contributed by atoms with E-state index in [1.165, 1.54) is 63.8 Å². The number of para-hydroxylation sites is 4. The van der Waals surface area contributed by atoms with Crippen LogP contribution in [-0.4, -0.2) is 9.13 Å². The average Bonchev–Trinajstić information content (AvgIpc) is 3.95. The smallest absolute Gasteiger partial charge is 0.143 e. The molecule has 12 rings (SSSR count). The standard InChI is InChI=1S/C48H28N2OS/c1-5-19-40-33(13-1)34-14-2-6-20-41(34)49(40)31-23-24-39-43(28-31)50(42-26-25-38-36-16-4-8-22-45(36)52-48(38)46(39)42)30-12-9-11-29(27-30)32-17-10-18-37-35-15-3-7-21-44(35)51-47(32)37/h1-28H. The first kappa shape index (κ1) is 28.1. The molecular formula is C48H28N2OS. The summed E-state index contributed by atoms with van der Waals surface area (Å²) in [5, 5.41) is 9.98. The second-order valence-corrected chi connectivity index (χ2v) is 14.7. The summed E-state index contributed by atoms with van der Waals surface area (Å²) >= 11 is 1.89. The molecule has 8 aromatic carbocycles. The van der Waals surface area contributed by atoms with Crippen LogP contribution in [0.4, 0.5) is 0 Å². The highest BCUT2D eigenvalue weighted by atomic mass is 32.1. The van der Waals surface area contributed by atoms with Gasteiger partial charge in [-0.15, -0.1) is 11.3 Å². The van der Waals surface area contributed by atoms with E-state index in [0.29, 0.717) is 0 Å². The summed E-state index contributed by atoms with van der Waals surface area (Å²) in [7, 11) is 0. The molecule has 0 aliphatic heterocycles. The molecule has 0 atom stereocenters. The third kappa shape index (κ3) is 3.79. The van der Waals surface area contributed by atoms with Crippen molar-refractivity contribution in [3.8, 4) is 22.5 Å². The van der Waals surface area contributed by atoms with Gasteiger partial charge in [0.25, 0.3) is 0 Å². The van der Waals surface area contributed by atoms with Gasteiger partial charge in [0, 0.05) is 69.4 Å². The summed E-state index contributed by atoms with van der Waals surface area (Å²) in [5.41, 5.74) is 11.1. The molecule has 0 fully saturated rings. The third-order valence-electron chi connectivity index (χ3n) is 10.9. The lowest BCUT2D eigenvalue weighted by atomic mass is 10.0. The Balaban J connectivity index is 1.17. The number of aromatic nitrogens is 2. The lowest BCUT2D eigenvalue weighted by Gasteiger charge is -2.12. The first-order valence-electron chi connectivity index (χ1n) is 17.7. The Labute approximate surface area is 301 Å². The second-order valence-electron chi connectivity index (χ2n) is 13.7. The molecule has 3 nitrogen and oxygen atoms in total. The molecule has 0 aliphatic carbocycles. The molecule has 0 saturated heterocycles. The Morgan fingerprint density at radius 3 is 1.90 bits per heavy atom. The second kappa shape index (κ2) is 10.5. The lowest BCUT2D eigenvalue weighted by Crippen LogP contribution is -1.97. The van der Waals surface area contributed by atoms with Gasteiger partial charge in [-0.25, -0.2) is 0 Å². The number of hydrogen-bond acceptors (Lipinski definition) is 2. The van der Waals surface area contributed by atoms with Gasteiger partial charge in [0.1, 0.15) is 11.2 Å². The largest absolute Gasteiger partial charge is 0.455 e. The predicted molar refractivity (Wildman–Crippen MR) is 221 cm³/mol. The van der Waals surface area contributed by atoms with Crippen molar-refractivity contribution in [1.29, 1.82) is 0 Å². The maximum absolute atomic E-state index is 6.51. The van der Waals surface area contributed by atoms with Gasteiger partial charge in [0.05, 0.1) is 22.1 Å². The summed E-state index contributed by atoms with van der Waals surface area (Å²) in [6.45, 7) is 0. The van der Waals surface area contributed by atoms with E-state index in [1.807, 2.05) is 17.4 Å². The number of furan rings is 1. The van der Waals surface area contributed by atoms with E-state index in [-0.39, 0.29) is 0 Å². The highest BCUT2D eigenvalue weighted by molar-refractivity contribution is 7.26. The zero-order chi connectivity index (χ0) is 33.9. The van der Waals surface area contributed by atoms with Gasteiger partial charge in [-0.1, -0.05) is 115 Å². The predicted octanol–water partition coefficient (Wildman–Crippen LogP) is 13.8. The Morgan fingerprint density at radius 2 is 1.06 bits per heavy atom. The van der Waals surface area contributed by atoms with Gasteiger partial charge < -0.3 is 13.6 Å². The van der Waals surface area contributed by atoms with Crippen molar-refractivity contribution in [2.45, 2.75) is 0 Å². The number of hydrogen-bond donors (Lipinski definition) is 0. The molecule has 0 saturated carbocycles. The normalized spacial score (nSPS) is 12.2. The Bertz CT molecular complexity index is 3370. The van der Waals surface area contributed by atoms with Crippen LogP contribution < -0.4 is 0 Å². The molecule has 4 heteroatoms. The minimum Gasteiger partial charge on any atom is -0.455 e. The van der Waals surface area contributed by atoms with Gasteiger partial charge >= 0.3 is 0 Å². The fraction of sp³-hybridized carbons (Fsp3) is 0. The zero-order valence-corrected chi connectivity index (χ0v) is 28.7. The monoisotopic (exact) mass is 680 g/mol. The van der Waals surface area contributed by atoms with Gasteiger partial charge in [-0.3, -0.25) is 0 Å². The molecule has 4 aromatic heterocycles. The van der Waals surface area contributed by atoms with Crippen LogP contribution in [0.3, 0.4) is 0 Å². The van der Waals surface area contributed by atoms with Crippen LogP contribution in [0.25, 0.3) is 108 Å². The SMILES string of the molecule is c1cc(-c2cccc3c2oc2ccccc23)cc(-n2c3cc(-n4c5ccccc5c5ccccc54)ccc3c3c4sc5ccccc5c4ccc32)c1. The van der Waals surface area contributed by atoms with Gasteiger partial charge in [-0.05, 0) is 60.2 Å². The molecule has 12 aromatic rings. The summed E-state index contributed by atoms with van der Waals surface area (Å²) in [6.07, 6.45) is 0. The highest BCUT2D eigenvalue weighted by Crippen LogP contribution is 2.45. The summed E-state index contributed by atoms with van der Waals surface area (Å²) < 4.78 is 14.0. The molecule has 0 aliphatic rings. The van der Waals surface area contributed by atoms with E-state index in [9.17, 15) is 0 Å². The first-order valence-corrected chi connectivity index (χ1v) is 18.5. The van der Waals surface area contributed by atoms with Crippen LogP contribution >= 0.6 is 11.3 Å². The van der Waals surface area contributed by atoms with Crippen molar-refractivity contribution in [1.82, 2.24) is 9.13 Å². The number of nitrogens with zero attached hydrogens (tertiary/aromatic N) is 2. The number of rotatable bonds is 3. The van der Waals surface area contributed by atoms with Crippen LogP contribution in [0.1, 0.15) is 0 Å². The Morgan fingerprint density at radius 1 is 0.404 bits per heavy atom. The maximum atomic E-state index is 6.51. The minimum absolute atomic E-state index is 0.911. The van der Waals surface area contributed by atoms with E-state index in [1.54, 1.807) is 0 Å². The number of benzene rings is 8. The molecule has 0 N–H and O–H groups in total. The molecule has 0 spiro atoms. The molecule has 0 amide bonds. The molecular weight excluding hydrogens is 653 g/mol. The molecule has 0 unspecified atom stereocenters. The molecule has 0 bridgehead atoms. The van der Waals surface area contributed by atoms with Gasteiger partial charge in [-0.2, -0.15) is 0 Å². The van der Waals surface area contributed by atoms with Crippen molar-refractivity contribution in [3.05, 3.63) is 170 Å². The maximum Gasteiger partial charge on any atom is 0.143 e. The van der Waals surface area contributed by atoms with Crippen molar-refractivity contribution < 1.29 is 4.42 Å². The molecule has 0 radical (unpaired) electrons. The highest BCUT2D eigenvalue weighted by Gasteiger charge is 2.20. The summed E-state index contributed by atoms with van der Waals surface area (Å²) in [4.78, 5) is 0. The molecule has 242 valence electrons. The van der Waals surface area contributed by atoms with Crippen molar-refractivity contribution in [2.75, 3.05) is 0 Å². The topological polar surface area (TPSA) is 23.0 Å².